The summed E-state index contributed by atoms with van der Waals surface area (Å²) < 4.78 is 16.1. The molecule has 0 aliphatic heterocycles. The van der Waals surface area contributed by atoms with E-state index in [4.69, 9.17) is 14.0 Å². The van der Waals surface area contributed by atoms with Crippen LogP contribution in [-0.4, -0.2) is 29.8 Å². The molecule has 1 fully saturated rings. The lowest BCUT2D eigenvalue weighted by Gasteiger charge is -2.11. The monoisotopic (exact) mass is 379 g/mol. The van der Waals surface area contributed by atoms with Gasteiger partial charge in [-0.15, -0.1) is 0 Å². The number of hydrogen-bond donors (Lipinski definition) is 1. The summed E-state index contributed by atoms with van der Waals surface area (Å²) in [5.74, 6) is 2.49. The van der Waals surface area contributed by atoms with Crippen molar-refractivity contribution in [2.75, 3.05) is 19.0 Å². The maximum Gasteiger partial charge on any atom is 0.255 e. The van der Waals surface area contributed by atoms with E-state index < -0.39 is 0 Å². The van der Waals surface area contributed by atoms with Gasteiger partial charge in [0.15, 0.2) is 11.5 Å². The Labute approximate surface area is 162 Å². The van der Waals surface area contributed by atoms with Gasteiger partial charge in [0.1, 0.15) is 0 Å². The molecule has 1 heterocycles. The minimum Gasteiger partial charge on any atom is -0.493 e. The number of nitrogens with zero attached hydrogens (tertiary/aromatic N) is 2. The molecule has 1 aromatic heterocycles. The smallest absolute Gasteiger partial charge is 0.255 e. The van der Waals surface area contributed by atoms with Gasteiger partial charge in [-0.05, 0) is 50.1 Å². The van der Waals surface area contributed by atoms with Crippen molar-refractivity contribution in [2.45, 2.75) is 25.7 Å². The van der Waals surface area contributed by atoms with Crippen LogP contribution in [0, 0.1) is 0 Å². The molecule has 2 aromatic carbocycles. The molecule has 1 aliphatic carbocycles. The minimum absolute atomic E-state index is 0.245. The van der Waals surface area contributed by atoms with Crippen molar-refractivity contribution < 1.29 is 18.8 Å². The van der Waals surface area contributed by atoms with Gasteiger partial charge in [-0.2, -0.15) is 4.98 Å². The Kier molecular flexibility index (Phi) is 4.97. The first kappa shape index (κ1) is 18.0. The van der Waals surface area contributed by atoms with Gasteiger partial charge >= 0.3 is 0 Å². The van der Waals surface area contributed by atoms with E-state index in [2.05, 4.69) is 15.5 Å². The first-order chi connectivity index (χ1) is 13.7. The van der Waals surface area contributed by atoms with Crippen LogP contribution in [0.4, 0.5) is 5.69 Å². The zero-order valence-electron chi connectivity index (χ0n) is 15.8. The predicted molar refractivity (Wildman–Crippen MR) is 104 cm³/mol. The van der Waals surface area contributed by atoms with Crippen LogP contribution in [0.5, 0.6) is 11.5 Å². The molecule has 0 bridgehead atoms. The standard InChI is InChI=1S/C21H21N3O4/c1-3-27-17-10-9-15(12-18(17)26-2)20(25)22-16-6-4-5-14(11-16)19-23-21(28-24-19)13-7-8-13/h4-6,9-13H,3,7-8H2,1-2H3,(H,22,25). The summed E-state index contributed by atoms with van der Waals surface area (Å²) in [4.78, 5) is 17.1. The number of hydrogen-bond acceptors (Lipinski definition) is 6. The number of carbonyl (C=O) groups excluding carboxylic acids is 1. The molecule has 0 saturated heterocycles. The van der Waals surface area contributed by atoms with E-state index in [1.165, 1.54) is 0 Å². The third-order valence-electron chi connectivity index (χ3n) is 4.47. The third kappa shape index (κ3) is 3.83. The number of benzene rings is 2. The van der Waals surface area contributed by atoms with Crippen molar-refractivity contribution in [3.05, 3.63) is 53.9 Å². The van der Waals surface area contributed by atoms with Gasteiger partial charge in [-0.25, -0.2) is 0 Å². The zero-order valence-corrected chi connectivity index (χ0v) is 15.8. The largest absolute Gasteiger partial charge is 0.493 e. The van der Waals surface area contributed by atoms with Crippen LogP contribution in [0.2, 0.25) is 0 Å². The molecular weight excluding hydrogens is 358 g/mol. The second-order valence-electron chi connectivity index (χ2n) is 6.56. The third-order valence-corrected chi connectivity index (χ3v) is 4.47. The van der Waals surface area contributed by atoms with E-state index in [1.807, 2.05) is 31.2 Å². The Hall–Kier alpha value is -3.35. The first-order valence-electron chi connectivity index (χ1n) is 9.24. The summed E-state index contributed by atoms with van der Waals surface area (Å²) in [7, 11) is 1.55. The average Bonchev–Trinajstić information content (AvgIpc) is 3.45. The summed E-state index contributed by atoms with van der Waals surface area (Å²) in [6.45, 7) is 2.41. The summed E-state index contributed by atoms with van der Waals surface area (Å²) in [6.07, 6.45) is 2.20. The van der Waals surface area contributed by atoms with Crippen LogP contribution in [0.15, 0.2) is 47.0 Å². The Morgan fingerprint density at radius 2 is 2.07 bits per heavy atom. The van der Waals surface area contributed by atoms with E-state index in [1.54, 1.807) is 25.3 Å². The lowest BCUT2D eigenvalue weighted by Crippen LogP contribution is -2.12. The van der Waals surface area contributed by atoms with Crippen molar-refractivity contribution in [3.63, 3.8) is 0 Å². The molecular formula is C21H21N3O4. The number of anilines is 1. The number of methoxy groups -OCH3 is 1. The average molecular weight is 379 g/mol. The van der Waals surface area contributed by atoms with Crippen LogP contribution in [0.3, 0.4) is 0 Å². The first-order valence-corrected chi connectivity index (χ1v) is 9.24. The fourth-order valence-corrected chi connectivity index (χ4v) is 2.87. The molecule has 1 N–H and O–H groups in total. The molecule has 28 heavy (non-hydrogen) atoms. The lowest BCUT2D eigenvalue weighted by atomic mass is 10.1. The Morgan fingerprint density at radius 3 is 2.82 bits per heavy atom. The Bertz CT molecular complexity index is 995. The molecule has 0 unspecified atom stereocenters. The highest BCUT2D eigenvalue weighted by Crippen LogP contribution is 2.39. The van der Waals surface area contributed by atoms with Crippen LogP contribution >= 0.6 is 0 Å². The van der Waals surface area contributed by atoms with E-state index in [-0.39, 0.29) is 5.91 Å². The minimum atomic E-state index is -0.245. The molecule has 1 amide bonds. The predicted octanol–water partition coefficient (Wildman–Crippen LogP) is 4.27. The molecule has 0 radical (unpaired) electrons. The van der Waals surface area contributed by atoms with Gasteiger partial charge in [0.2, 0.25) is 11.7 Å². The van der Waals surface area contributed by atoms with Gasteiger partial charge in [0.05, 0.1) is 13.7 Å². The van der Waals surface area contributed by atoms with E-state index in [0.717, 1.165) is 18.4 Å². The van der Waals surface area contributed by atoms with Crippen molar-refractivity contribution in [2.24, 2.45) is 0 Å². The molecule has 1 aliphatic rings. The lowest BCUT2D eigenvalue weighted by molar-refractivity contribution is 0.102. The second-order valence-corrected chi connectivity index (χ2v) is 6.56. The molecule has 7 nitrogen and oxygen atoms in total. The summed E-state index contributed by atoms with van der Waals surface area (Å²) in [5.41, 5.74) is 1.91. The summed E-state index contributed by atoms with van der Waals surface area (Å²) in [6, 6.07) is 12.5. The SMILES string of the molecule is CCOc1ccc(C(=O)Nc2cccc(-c3noc(C4CC4)n3)c2)cc1OC. The molecule has 0 spiro atoms. The summed E-state index contributed by atoms with van der Waals surface area (Å²) >= 11 is 0. The molecule has 1 saturated carbocycles. The molecule has 7 heteroatoms. The van der Waals surface area contributed by atoms with Gasteiger partial charge in [-0.3, -0.25) is 4.79 Å². The van der Waals surface area contributed by atoms with Crippen LogP contribution in [-0.2, 0) is 0 Å². The van der Waals surface area contributed by atoms with Crippen LogP contribution < -0.4 is 14.8 Å². The normalized spacial score (nSPS) is 13.2. The highest BCUT2D eigenvalue weighted by molar-refractivity contribution is 6.04. The van der Waals surface area contributed by atoms with Crippen molar-refractivity contribution >= 4 is 11.6 Å². The van der Waals surface area contributed by atoms with Crippen molar-refractivity contribution in [1.29, 1.82) is 0 Å². The number of nitrogens with one attached hydrogen (secondary N) is 1. The zero-order chi connectivity index (χ0) is 19.5. The highest BCUT2D eigenvalue weighted by atomic mass is 16.5. The van der Waals surface area contributed by atoms with Crippen molar-refractivity contribution in [1.82, 2.24) is 10.1 Å². The van der Waals surface area contributed by atoms with Crippen LogP contribution in [0.1, 0.15) is 41.9 Å². The van der Waals surface area contributed by atoms with E-state index in [9.17, 15) is 4.79 Å². The Balaban J connectivity index is 1.51. The fourth-order valence-electron chi connectivity index (χ4n) is 2.87. The maximum atomic E-state index is 12.6. The number of carbonyl (C=O) groups is 1. The van der Waals surface area contributed by atoms with Crippen molar-refractivity contribution in [3.8, 4) is 22.9 Å². The summed E-state index contributed by atoms with van der Waals surface area (Å²) in [5, 5.41) is 6.94. The van der Waals surface area contributed by atoms with Gasteiger partial charge in [0.25, 0.3) is 5.91 Å². The van der Waals surface area contributed by atoms with E-state index >= 15 is 0 Å². The highest BCUT2D eigenvalue weighted by Gasteiger charge is 2.29. The quantitative estimate of drug-likeness (QED) is 0.660. The second kappa shape index (κ2) is 7.72. The van der Waals surface area contributed by atoms with E-state index in [0.29, 0.717) is 47.0 Å². The molecule has 3 aromatic rings. The van der Waals surface area contributed by atoms with Crippen LogP contribution in [0.25, 0.3) is 11.4 Å². The molecule has 0 atom stereocenters. The molecule has 144 valence electrons. The fraction of sp³-hybridized carbons (Fsp3) is 0.286. The number of amides is 1. The molecule has 4 rings (SSSR count). The topological polar surface area (TPSA) is 86.5 Å². The van der Waals surface area contributed by atoms with Gasteiger partial charge in [0, 0.05) is 22.7 Å². The maximum absolute atomic E-state index is 12.6. The van der Waals surface area contributed by atoms with Gasteiger partial charge in [-0.1, -0.05) is 17.3 Å². The van der Waals surface area contributed by atoms with Gasteiger partial charge < -0.3 is 19.3 Å². The Morgan fingerprint density at radius 1 is 1.21 bits per heavy atom. The number of aromatic nitrogens is 2. The number of ether oxygens (including phenoxy) is 2. The number of rotatable bonds is 7.